The number of phenols is 1. The van der Waals surface area contributed by atoms with Crippen LogP contribution in [0.15, 0.2) is 21.3 Å². The molecular formula is C17H20ClNO4. The highest BCUT2D eigenvalue weighted by Crippen LogP contribution is 2.35. The molecule has 0 amide bonds. The highest BCUT2D eigenvalue weighted by atomic mass is 35.5. The van der Waals surface area contributed by atoms with Crippen molar-refractivity contribution in [3.05, 3.63) is 38.7 Å². The van der Waals surface area contributed by atoms with Crippen LogP contribution in [0.2, 0.25) is 5.02 Å². The number of benzene rings is 1. The Morgan fingerprint density at radius 2 is 2.26 bits per heavy atom. The van der Waals surface area contributed by atoms with Gasteiger partial charge in [-0.1, -0.05) is 18.5 Å². The molecule has 2 heterocycles. The first-order chi connectivity index (χ1) is 11.1. The van der Waals surface area contributed by atoms with Gasteiger partial charge in [0.25, 0.3) is 0 Å². The minimum absolute atomic E-state index is 0.0459. The summed E-state index contributed by atoms with van der Waals surface area (Å²) in [6.07, 6.45) is 2.99. The Morgan fingerprint density at radius 3 is 2.96 bits per heavy atom. The van der Waals surface area contributed by atoms with E-state index >= 15 is 0 Å². The van der Waals surface area contributed by atoms with Gasteiger partial charge in [0.15, 0.2) is 0 Å². The fourth-order valence-electron chi connectivity index (χ4n) is 3.00. The first-order valence-corrected chi connectivity index (χ1v) is 8.27. The Morgan fingerprint density at radius 1 is 1.43 bits per heavy atom. The van der Waals surface area contributed by atoms with Gasteiger partial charge in [-0.15, -0.1) is 0 Å². The van der Waals surface area contributed by atoms with E-state index in [2.05, 4.69) is 5.32 Å². The molecule has 23 heavy (non-hydrogen) atoms. The number of aromatic hydroxyl groups is 1. The summed E-state index contributed by atoms with van der Waals surface area (Å²) in [6, 6.07) is 3.12. The summed E-state index contributed by atoms with van der Waals surface area (Å²) in [5.41, 5.74) is 1.35. The first kappa shape index (κ1) is 16.3. The van der Waals surface area contributed by atoms with Gasteiger partial charge in [0, 0.05) is 31.1 Å². The van der Waals surface area contributed by atoms with Crippen LogP contribution in [0.4, 0.5) is 0 Å². The number of nitrogens with one attached hydrogen (secondary N) is 1. The molecule has 1 aliphatic rings. The molecule has 3 rings (SSSR count). The molecule has 1 aromatic carbocycles. The number of hydrogen-bond donors (Lipinski definition) is 2. The Balaban J connectivity index is 1.95. The summed E-state index contributed by atoms with van der Waals surface area (Å²) in [5.74, 6) is -0.0459. The predicted octanol–water partition coefficient (Wildman–Crippen LogP) is 2.98. The molecule has 0 unspecified atom stereocenters. The predicted molar refractivity (Wildman–Crippen MR) is 89.2 cm³/mol. The number of phenolic OH excluding ortho intramolecular Hbond substituents is 1. The van der Waals surface area contributed by atoms with Gasteiger partial charge in [0.05, 0.1) is 16.7 Å². The van der Waals surface area contributed by atoms with Gasteiger partial charge >= 0.3 is 5.63 Å². The molecule has 124 valence electrons. The van der Waals surface area contributed by atoms with Crippen LogP contribution in [0, 0.1) is 0 Å². The van der Waals surface area contributed by atoms with E-state index in [-0.39, 0.29) is 16.9 Å². The summed E-state index contributed by atoms with van der Waals surface area (Å²) in [5, 5.41) is 14.6. The van der Waals surface area contributed by atoms with E-state index in [1.165, 1.54) is 6.07 Å². The van der Waals surface area contributed by atoms with Crippen molar-refractivity contribution in [3.63, 3.8) is 0 Å². The van der Waals surface area contributed by atoms with Crippen molar-refractivity contribution in [1.29, 1.82) is 0 Å². The van der Waals surface area contributed by atoms with Crippen LogP contribution in [0.5, 0.6) is 5.75 Å². The molecule has 2 aromatic rings. The van der Waals surface area contributed by atoms with Crippen molar-refractivity contribution in [2.45, 2.75) is 38.8 Å². The van der Waals surface area contributed by atoms with E-state index in [0.717, 1.165) is 30.4 Å². The van der Waals surface area contributed by atoms with Crippen LogP contribution < -0.4 is 10.9 Å². The fraction of sp³-hybridized carbons (Fsp3) is 0.471. The maximum Gasteiger partial charge on any atom is 0.336 e. The maximum atomic E-state index is 11.8. The van der Waals surface area contributed by atoms with Crippen LogP contribution >= 0.6 is 11.6 Å². The van der Waals surface area contributed by atoms with Gasteiger partial charge in [0.2, 0.25) is 0 Å². The number of hydrogen-bond acceptors (Lipinski definition) is 5. The quantitative estimate of drug-likeness (QED) is 0.821. The molecule has 0 radical (unpaired) electrons. The lowest BCUT2D eigenvalue weighted by Crippen LogP contribution is -2.26. The van der Waals surface area contributed by atoms with Gasteiger partial charge in [-0.25, -0.2) is 4.79 Å². The van der Waals surface area contributed by atoms with Gasteiger partial charge in [0.1, 0.15) is 11.3 Å². The summed E-state index contributed by atoms with van der Waals surface area (Å²) in [7, 11) is 0. The molecule has 1 atom stereocenters. The van der Waals surface area contributed by atoms with E-state index in [9.17, 15) is 9.90 Å². The zero-order chi connectivity index (χ0) is 16.4. The van der Waals surface area contributed by atoms with Crippen LogP contribution in [0.3, 0.4) is 0 Å². The third kappa shape index (κ3) is 3.37. The molecule has 1 saturated heterocycles. The van der Waals surface area contributed by atoms with Gasteiger partial charge in [-0.05, 0) is 30.9 Å². The standard InChI is InChI=1S/C17H20ClNO4/c1-2-10-6-15(20)23-17-12(10)7-14(18)16(21)13(17)9-19-8-11-4-3-5-22-11/h6-7,11,19,21H,2-5,8-9H2,1H3/t11-/m0/s1. The van der Waals surface area contributed by atoms with Crippen LogP contribution in [-0.2, 0) is 17.7 Å². The van der Waals surface area contributed by atoms with Crippen LogP contribution in [0.1, 0.15) is 30.9 Å². The van der Waals surface area contributed by atoms with E-state index in [0.29, 0.717) is 30.7 Å². The average molecular weight is 338 g/mol. The maximum absolute atomic E-state index is 11.8. The van der Waals surface area contributed by atoms with Crippen molar-refractivity contribution in [1.82, 2.24) is 5.32 Å². The highest BCUT2D eigenvalue weighted by Gasteiger charge is 2.18. The summed E-state index contributed by atoms with van der Waals surface area (Å²) in [4.78, 5) is 11.8. The second-order valence-electron chi connectivity index (χ2n) is 5.77. The third-order valence-corrected chi connectivity index (χ3v) is 4.51. The van der Waals surface area contributed by atoms with Crippen molar-refractivity contribution < 1.29 is 14.3 Å². The normalized spacial score (nSPS) is 17.9. The lowest BCUT2D eigenvalue weighted by atomic mass is 10.0. The van der Waals surface area contributed by atoms with Crippen molar-refractivity contribution in [3.8, 4) is 5.75 Å². The Bertz CT molecular complexity index is 765. The highest BCUT2D eigenvalue weighted by molar-refractivity contribution is 6.33. The molecule has 0 aliphatic carbocycles. The SMILES string of the molecule is CCc1cc(=O)oc2c(CNC[C@@H]3CCCO3)c(O)c(Cl)cc12. The van der Waals surface area contributed by atoms with Gasteiger partial charge in [-0.3, -0.25) is 0 Å². The molecule has 6 heteroatoms. The third-order valence-electron chi connectivity index (χ3n) is 4.22. The van der Waals surface area contributed by atoms with E-state index < -0.39 is 5.63 Å². The molecule has 0 bridgehead atoms. The number of ether oxygens (including phenoxy) is 1. The van der Waals surface area contributed by atoms with Crippen LogP contribution in [0.25, 0.3) is 11.0 Å². The zero-order valence-electron chi connectivity index (χ0n) is 13.0. The summed E-state index contributed by atoms with van der Waals surface area (Å²) < 4.78 is 10.9. The van der Waals surface area contributed by atoms with E-state index in [1.807, 2.05) is 6.92 Å². The van der Waals surface area contributed by atoms with Crippen molar-refractivity contribution in [2.24, 2.45) is 0 Å². The summed E-state index contributed by atoms with van der Waals surface area (Å²) in [6.45, 7) is 3.81. The molecule has 0 spiro atoms. The molecule has 2 N–H and O–H groups in total. The molecule has 1 fully saturated rings. The molecule has 1 aliphatic heterocycles. The molecule has 1 aromatic heterocycles. The van der Waals surface area contributed by atoms with Crippen molar-refractivity contribution >= 4 is 22.6 Å². The lowest BCUT2D eigenvalue weighted by Gasteiger charge is -2.14. The largest absolute Gasteiger partial charge is 0.506 e. The Kier molecular flexibility index (Phi) is 4.90. The Labute approximate surface area is 139 Å². The summed E-state index contributed by atoms with van der Waals surface area (Å²) >= 11 is 6.15. The van der Waals surface area contributed by atoms with Crippen LogP contribution in [-0.4, -0.2) is 24.4 Å². The number of rotatable bonds is 5. The first-order valence-electron chi connectivity index (χ1n) is 7.89. The minimum Gasteiger partial charge on any atom is -0.506 e. The monoisotopic (exact) mass is 337 g/mol. The molecule has 5 nitrogen and oxygen atoms in total. The van der Waals surface area contributed by atoms with Gasteiger partial charge in [-0.2, -0.15) is 0 Å². The van der Waals surface area contributed by atoms with E-state index in [4.69, 9.17) is 20.8 Å². The van der Waals surface area contributed by atoms with Gasteiger partial charge < -0.3 is 19.6 Å². The van der Waals surface area contributed by atoms with Crippen molar-refractivity contribution in [2.75, 3.05) is 13.2 Å². The topological polar surface area (TPSA) is 71.7 Å². The number of fused-ring (bicyclic) bond motifs is 1. The molecule has 0 saturated carbocycles. The van der Waals surface area contributed by atoms with E-state index in [1.54, 1.807) is 6.07 Å². The smallest absolute Gasteiger partial charge is 0.336 e. The minimum atomic E-state index is -0.420. The molecular weight excluding hydrogens is 318 g/mol. The lowest BCUT2D eigenvalue weighted by molar-refractivity contribution is 0.110. The number of halogens is 1. The average Bonchev–Trinajstić information content (AvgIpc) is 3.04. The Hall–Kier alpha value is -1.56. The number of aryl methyl sites for hydroxylation is 1. The second-order valence-corrected chi connectivity index (χ2v) is 6.18. The fourth-order valence-corrected chi connectivity index (χ4v) is 3.22. The second kappa shape index (κ2) is 6.91. The zero-order valence-corrected chi connectivity index (χ0v) is 13.8.